The van der Waals surface area contributed by atoms with Gasteiger partial charge in [0, 0.05) is 18.8 Å². The average Bonchev–Trinajstić information content (AvgIpc) is 3.29. The fourth-order valence-corrected chi connectivity index (χ4v) is 4.20. The maximum atomic E-state index is 12.4. The zero-order chi connectivity index (χ0) is 26.8. The summed E-state index contributed by atoms with van der Waals surface area (Å²) in [7, 11) is 0. The molecule has 14 heteroatoms. The smallest absolute Gasteiger partial charge is 0.415 e. The molecule has 3 aromatic rings. The van der Waals surface area contributed by atoms with Crippen LogP contribution < -0.4 is 25.0 Å². The molecular formula is C25H25N7O7. The molecule has 0 spiro atoms. The molecule has 3 aromatic heterocycles. The van der Waals surface area contributed by atoms with Crippen LogP contribution in [-0.2, 0) is 20.8 Å². The van der Waals surface area contributed by atoms with Gasteiger partial charge in [-0.15, -0.1) is 0 Å². The van der Waals surface area contributed by atoms with Crippen molar-refractivity contribution in [2.45, 2.75) is 25.2 Å². The molecular weight excluding hydrogens is 510 g/mol. The maximum absolute atomic E-state index is 12.4. The molecule has 0 bridgehead atoms. The second-order valence-corrected chi connectivity index (χ2v) is 9.12. The minimum absolute atomic E-state index is 0.0312. The van der Waals surface area contributed by atoms with Gasteiger partial charge in [-0.1, -0.05) is 0 Å². The number of fused-ring (bicyclic) bond motifs is 1. The van der Waals surface area contributed by atoms with Crippen molar-refractivity contribution in [3.05, 3.63) is 42.4 Å². The molecule has 0 saturated carbocycles. The molecule has 0 aliphatic carbocycles. The van der Waals surface area contributed by atoms with Crippen LogP contribution >= 0.6 is 0 Å². The second-order valence-electron chi connectivity index (χ2n) is 9.12. The lowest BCUT2D eigenvalue weighted by Crippen LogP contribution is -2.38. The summed E-state index contributed by atoms with van der Waals surface area (Å²) in [5.74, 6) is 1.50. The van der Waals surface area contributed by atoms with Gasteiger partial charge in [-0.05, 0) is 31.2 Å². The fraction of sp³-hybridized carbons (Fsp3) is 0.360. The molecule has 0 aromatic carbocycles. The van der Waals surface area contributed by atoms with E-state index in [0.717, 1.165) is 0 Å². The van der Waals surface area contributed by atoms with Crippen molar-refractivity contribution < 1.29 is 33.6 Å². The maximum Gasteiger partial charge on any atom is 0.415 e. The molecule has 3 aliphatic rings. The van der Waals surface area contributed by atoms with E-state index < -0.39 is 6.09 Å². The lowest BCUT2D eigenvalue weighted by atomic mass is 10.2. The molecule has 14 nitrogen and oxygen atoms in total. The number of cyclic esters (lactones) is 1. The van der Waals surface area contributed by atoms with E-state index in [4.69, 9.17) is 18.9 Å². The standard InChI is InChI=1S/C25H25N7O7/c33-18-9-28-14(7-17(18)23-27-6-4-22(31-23)38-16-11-36-12-16)8-26-5-3-15-10-32(25(35)39-15)20-2-1-19-24(29-20)30-21(34)13-37-19/h1-2,4,6-7,9,15-16,26,33H,3,5,8,10-13H2,(H,29,30,34)/t15-/m0/s1. The third kappa shape index (κ3) is 5.51. The summed E-state index contributed by atoms with van der Waals surface area (Å²) in [4.78, 5) is 42.7. The molecule has 2 fully saturated rings. The van der Waals surface area contributed by atoms with Crippen LogP contribution in [0.1, 0.15) is 12.1 Å². The third-order valence-electron chi connectivity index (χ3n) is 6.27. The van der Waals surface area contributed by atoms with E-state index in [1.54, 1.807) is 30.5 Å². The first-order valence-electron chi connectivity index (χ1n) is 12.4. The van der Waals surface area contributed by atoms with Crippen molar-refractivity contribution in [2.24, 2.45) is 0 Å². The van der Waals surface area contributed by atoms with Crippen LogP contribution in [-0.4, -0.2) is 82.2 Å². The number of aromatic nitrogens is 4. The summed E-state index contributed by atoms with van der Waals surface area (Å²) in [6, 6.07) is 6.69. The predicted octanol–water partition coefficient (Wildman–Crippen LogP) is 1.25. The summed E-state index contributed by atoms with van der Waals surface area (Å²) in [6.45, 7) is 2.27. The number of nitrogens with zero attached hydrogens (tertiary/aromatic N) is 5. The topological polar surface area (TPSA) is 170 Å². The predicted molar refractivity (Wildman–Crippen MR) is 134 cm³/mol. The lowest BCUT2D eigenvalue weighted by molar-refractivity contribution is -0.118. The van der Waals surface area contributed by atoms with Gasteiger partial charge < -0.3 is 34.7 Å². The highest BCUT2D eigenvalue weighted by Crippen LogP contribution is 2.31. The van der Waals surface area contributed by atoms with Crippen LogP contribution in [0, 0.1) is 0 Å². The fourth-order valence-electron chi connectivity index (χ4n) is 4.20. The van der Waals surface area contributed by atoms with Crippen molar-refractivity contribution in [1.82, 2.24) is 25.3 Å². The number of amides is 2. The molecule has 3 N–H and O–H groups in total. The minimum Gasteiger partial charge on any atom is -0.506 e. The summed E-state index contributed by atoms with van der Waals surface area (Å²) in [5.41, 5.74) is 1.12. The second kappa shape index (κ2) is 10.7. The van der Waals surface area contributed by atoms with Gasteiger partial charge in [-0.3, -0.25) is 14.7 Å². The van der Waals surface area contributed by atoms with E-state index in [1.165, 1.54) is 11.1 Å². The van der Waals surface area contributed by atoms with Crippen LogP contribution in [0.3, 0.4) is 0 Å². The summed E-state index contributed by atoms with van der Waals surface area (Å²) in [6.07, 6.45) is 2.62. The third-order valence-corrected chi connectivity index (χ3v) is 6.27. The Labute approximate surface area is 222 Å². The first kappa shape index (κ1) is 24.8. The molecule has 0 unspecified atom stereocenters. The van der Waals surface area contributed by atoms with Gasteiger partial charge >= 0.3 is 6.09 Å². The SMILES string of the molecule is O=C1COc2ccc(N3C[C@H](CCNCc4cc(-c5nccc(OC6COC6)n5)c(O)cn4)OC3=O)nc2N1. The van der Waals surface area contributed by atoms with Gasteiger partial charge in [-0.2, -0.15) is 4.98 Å². The van der Waals surface area contributed by atoms with E-state index in [9.17, 15) is 14.7 Å². The van der Waals surface area contributed by atoms with Gasteiger partial charge in [0.05, 0.1) is 37.2 Å². The van der Waals surface area contributed by atoms with Crippen LogP contribution in [0.4, 0.5) is 16.4 Å². The molecule has 39 heavy (non-hydrogen) atoms. The van der Waals surface area contributed by atoms with Crippen molar-refractivity contribution >= 4 is 23.6 Å². The number of rotatable bonds is 9. The van der Waals surface area contributed by atoms with Crippen molar-refractivity contribution in [2.75, 3.05) is 43.1 Å². The largest absolute Gasteiger partial charge is 0.506 e. The Morgan fingerprint density at radius 3 is 2.92 bits per heavy atom. The number of anilines is 2. The summed E-state index contributed by atoms with van der Waals surface area (Å²) >= 11 is 0. The Balaban J connectivity index is 1.02. The molecule has 6 rings (SSSR count). The minimum atomic E-state index is -0.503. The molecule has 2 amide bonds. The molecule has 202 valence electrons. The molecule has 3 aliphatic heterocycles. The van der Waals surface area contributed by atoms with E-state index in [2.05, 4.69) is 30.6 Å². The number of nitrogens with one attached hydrogen (secondary N) is 2. The average molecular weight is 536 g/mol. The zero-order valence-electron chi connectivity index (χ0n) is 20.7. The van der Waals surface area contributed by atoms with Gasteiger partial charge in [0.2, 0.25) is 5.88 Å². The Kier molecular flexibility index (Phi) is 6.77. The van der Waals surface area contributed by atoms with Gasteiger partial charge in [-0.25, -0.2) is 14.8 Å². The van der Waals surface area contributed by atoms with Crippen LogP contribution in [0.25, 0.3) is 11.4 Å². The highest BCUT2D eigenvalue weighted by Gasteiger charge is 2.33. The lowest BCUT2D eigenvalue weighted by Gasteiger charge is -2.26. The Morgan fingerprint density at radius 2 is 2.08 bits per heavy atom. The molecule has 2 saturated heterocycles. The Morgan fingerprint density at radius 1 is 1.18 bits per heavy atom. The molecule has 0 radical (unpaired) electrons. The monoisotopic (exact) mass is 535 g/mol. The number of pyridine rings is 2. The summed E-state index contributed by atoms with van der Waals surface area (Å²) < 4.78 is 21.7. The normalized spacial score (nSPS) is 18.6. The van der Waals surface area contributed by atoms with E-state index in [0.29, 0.717) is 73.8 Å². The van der Waals surface area contributed by atoms with Crippen molar-refractivity contribution in [3.8, 4) is 28.8 Å². The van der Waals surface area contributed by atoms with Gasteiger partial charge in [0.15, 0.2) is 24.0 Å². The highest BCUT2D eigenvalue weighted by atomic mass is 16.6. The van der Waals surface area contributed by atoms with Crippen molar-refractivity contribution in [1.29, 1.82) is 0 Å². The van der Waals surface area contributed by atoms with E-state index in [1.807, 2.05) is 0 Å². The summed E-state index contributed by atoms with van der Waals surface area (Å²) in [5, 5.41) is 16.3. The zero-order valence-corrected chi connectivity index (χ0v) is 20.7. The Hall–Kier alpha value is -4.56. The quantitative estimate of drug-likeness (QED) is 0.336. The first-order valence-corrected chi connectivity index (χ1v) is 12.4. The van der Waals surface area contributed by atoms with E-state index >= 15 is 0 Å². The number of hydrogen-bond acceptors (Lipinski definition) is 12. The van der Waals surface area contributed by atoms with Gasteiger partial charge in [0.25, 0.3) is 5.91 Å². The number of aromatic hydroxyl groups is 1. The highest BCUT2D eigenvalue weighted by molar-refractivity contribution is 5.95. The number of hydrogen-bond donors (Lipinski definition) is 3. The Bertz CT molecular complexity index is 1400. The molecule has 1 atom stereocenters. The number of carbonyl (C=O) groups is 2. The van der Waals surface area contributed by atoms with Crippen molar-refractivity contribution in [3.63, 3.8) is 0 Å². The first-order chi connectivity index (χ1) is 19.0. The number of ether oxygens (including phenoxy) is 4. The van der Waals surface area contributed by atoms with Crippen LogP contribution in [0.15, 0.2) is 36.7 Å². The van der Waals surface area contributed by atoms with Crippen LogP contribution in [0.2, 0.25) is 0 Å². The van der Waals surface area contributed by atoms with E-state index in [-0.39, 0.29) is 36.3 Å². The van der Waals surface area contributed by atoms with Gasteiger partial charge in [0.1, 0.15) is 23.8 Å². The number of carbonyl (C=O) groups excluding carboxylic acids is 2. The molecule has 6 heterocycles. The van der Waals surface area contributed by atoms with Crippen LogP contribution in [0.5, 0.6) is 17.4 Å².